The molecule has 1 aromatic heterocycles. The van der Waals surface area contributed by atoms with Gasteiger partial charge in [-0.15, -0.1) is 24.2 Å². The highest BCUT2D eigenvalue weighted by molar-refractivity contribution is 7.99. The molecule has 1 unspecified atom stereocenters. The first-order valence-corrected chi connectivity index (χ1v) is 7.75. The fourth-order valence-corrected chi connectivity index (χ4v) is 2.82. The normalized spacial score (nSPS) is 17.1. The van der Waals surface area contributed by atoms with Gasteiger partial charge in [0, 0.05) is 30.3 Å². The lowest BCUT2D eigenvalue weighted by Crippen LogP contribution is -2.42. The molecule has 2 amide bonds. The smallest absolute Gasteiger partial charge is 0.287 e. The van der Waals surface area contributed by atoms with Crippen LogP contribution in [0, 0.1) is 6.92 Å². The van der Waals surface area contributed by atoms with E-state index in [2.05, 4.69) is 16.0 Å². The van der Waals surface area contributed by atoms with Crippen LogP contribution in [-0.2, 0) is 4.79 Å². The van der Waals surface area contributed by atoms with Crippen LogP contribution in [0.5, 0.6) is 0 Å². The molecule has 0 spiro atoms. The van der Waals surface area contributed by atoms with Crippen LogP contribution in [0.25, 0.3) is 0 Å². The Bertz CT molecular complexity index is 475. The molecule has 0 radical (unpaired) electrons. The molecule has 0 saturated carbocycles. The maximum atomic E-state index is 11.7. The number of hydrogen-bond donors (Lipinski definition) is 3. The minimum absolute atomic E-state index is 0. The second-order valence-electron chi connectivity index (χ2n) is 4.61. The molecule has 0 aromatic carbocycles. The van der Waals surface area contributed by atoms with Crippen molar-refractivity contribution in [2.45, 2.75) is 19.4 Å². The van der Waals surface area contributed by atoms with Crippen molar-refractivity contribution in [2.24, 2.45) is 0 Å². The quantitative estimate of drug-likeness (QED) is 0.674. The van der Waals surface area contributed by atoms with E-state index in [1.54, 1.807) is 17.8 Å². The highest BCUT2D eigenvalue weighted by atomic mass is 35.5. The van der Waals surface area contributed by atoms with E-state index in [0.29, 0.717) is 25.3 Å². The number of amides is 2. The van der Waals surface area contributed by atoms with Crippen molar-refractivity contribution in [3.63, 3.8) is 0 Å². The largest absolute Gasteiger partial charge is 0.459 e. The Kier molecular flexibility index (Phi) is 7.63. The van der Waals surface area contributed by atoms with Crippen molar-refractivity contribution in [2.75, 3.05) is 24.7 Å². The average molecular weight is 334 g/mol. The van der Waals surface area contributed by atoms with Crippen LogP contribution < -0.4 is 16.0 Å². The molecule has 1 aliphatic heterocycles. The average Bonchev–Trinajstić information content (AvgIpc) is 3.08. The number of halogens is 1. The molecular weight excluding hydrogens is 314 g/mol. The second kappa shape index (κ2) is 8.96. The number of thioether (sulfide) groups is 1. The predicted molar refractivity (Wildman–Crippen MR) is 84.9 cm³/mol. The summed E-state index contributed by atoms with van der Waals surface area (Å²) in [5.74, 6) is 1.81. The van der Waals surface area contributed by atoms with E-state index in [9.17, 15) is 9.59 Å². The lowest BCUT2D eigenvalue weighted by Gasteiger charge is -2.10. The van der Waals surface area contributed by atoms with Crippen LogP contribution in [0.15, 0.2) is 16.7 Å². The lowest BCUT2D eigenvalue weighted by molar-refractivity contribution is -0.122. The molecule has 3 N–H and O–H groups in total. The molecule has 2 rings (SSSR count). The van der Waals surface area contributed by atoms with Gasteiger partial charge in [0.2, 0.25) is 5.91 Å². The van der Waals surface area contributed by atoms with Gasteiger partial charge in [0.25, 0.3) is 5.91 Å². The van der Waals surface area contributed by atoms with Crippen molar-refractivity contribution in [3.8, 4) is 0 Å². The molecule has 118 valence electrons. The van der Waals surface area contributed by atoms with Crippen LogP contribution in [-0.4, -0.2) is 42.6 Å². The van der Waals surface area contributed by atoms with Crippen LogP contribution >= 0.6 is 24.2 Å². The maximum absolute atomic E-state index is 11.7. The van der Waals surface area contributed by atoms with Crippen molar-refractivity contribution in [1.29, 1.82) is 0 Å². The highest BCUT2D eigenvalue weighted by Crippen LogP contribution is 2.09. The summed E-state index contributed by atoms with van der Waals surface area (Å²) in [7, 11) is 0. The molecule has 0 bridgehead atoms. The van der Waals surface area contributed by atoms with Crippen molar-refractivity contribution >= 4 is 36.0 Å². The number of hydrogen-bond acceptors (Lipinski definition) is 5. The molecule has 2 heterocycles. The van der Waals surface area contributed by atoms with Crippen LogP contribution in [0.2, 0.25) is 0 Å². The van der Waals surface area contributed by atoms with E-state index in [-0.39, 0.29) is 30.3 Å². The monoisotopic (exact) mass is 333 g/mol. The Labute approximate surface area is 134 Å². The standard InChI is InChI=1S/C13H19N3O3S.ClH/c1-9-3-6-19-11(9)13(18)15-5-2-4-14-12(17)10-7-20-8-16-10;/h3,6,10,16H,2,4-5,7-8H2,1H3,(H,14,17)(H,15,18);1H. The topological polar surface area (TPSA) is 83.4 Å². The Morgan fingerprint density at radius 2 is 2.19 bits per heavy atom. The first-order chi connectivity index (χ1) is 9.68. The van der Waals surface area contributed by atoms with Gasteiger partial charge in [-0.05, 0) is 19.4 Å². The number of aryl methyl sites for hydroxylation is 1. The Morgan fingerprint density at radius 1 is 1.43 bits per heavy atom. The SMILES string of the molecule is Cc1ccoc1C(=O)NCCCNC(=O)C1CSCN1.Cl. The van der Waals surface area contributed by atoms with Gasteiger partial charge in [0.05, 0.1) is 12.3 Å². The maximum Gasteiger partial charge on any atom is 0.287 e. The molecule has 6 nitrogen and oxygen atoms in total. The molecule has 1 aromatic rings. The second-order valence-corrected chi connectivity index (χ2v) is 5.64. The Morgan fingerprint density at radius 3 is 2.81 bits per heavy atom. The van der Waals surface area contributed by atoms with E-state index in [1.807, 2.05) is 6.92 Å². The molecule has 1 aliphatic rings. The number of carbonyl (C=O) groups is 2. The Balaban J connectivity index is 0.00000220. The van der Waals surface area contributed by atoms with E-state index >= 15 is 0 Å². The summed E-state index contributed by atoms with van der Waals surface area (Å²) in [5.41, 5.74) is 0.820. The third-order valence-electron chi connectivity index (χ3n) is 3.04. The van der Waals surface area contributed by atoms with E-state index < -0.39 is 0 Å². The van der Waals surface area contributed by atoms with Gasteiger partial charge in [0.1, 0.15) is 0 Å². The van der Waals surface area contributed by atoms with Gasteiger partial charge in [-0.2, -0.15) is 0 Å². The van der Waals surface area contributed by atoms with Crippen LogP contribution in [0.1, 0.15) is 22.5 Å². The summed E-state index contributed by atoms with van der Waals surface area (Å²) in [6.45, 7) is 2.89. The van der Waals surface area contributed by atoms with Crippen molar-refractivity contribution < 1.29 is 14.0 Å². The summed E-state index contributed by atoms with van der Waals surface area (Å²) in [6.07, 6.45) is 2.19. The summed E-state index contributed by atoms with van der Waals surface area (Å²) < 4.78 is 5.10. The fraction of sp³-hybridized carbons (Fsp3) is 0.538. The van der Waals surface area contributed by atoms with Gasteiger partial charge in [-0.25, -0.2) is 0 Å². The van der Waals surface area contributed by atoms with Crippen molar-refractivity contribution in [1.82, 2.24) is 16.0 Å². The van der Waals surface area contributed by atoms with E-state index in [4.69, 9.17) is 4.42 Å². The zero-order valence-electron chi connectivity index (χ0n) is 11.8. The molecule has 8 heteroatoms. The number of furan rings is 1. The molecular formula is C13H20ClN3O3S. The van der Waals surface area contributed by atoms with Crippen LogP contribution in [0.4, 0.5) is 0 Å². The minimum atomic E-state index is -0.215. The fourth-order valence-electron chi connectivity index (χ4n) is 1.87. The summed E-state index contributed by atoms with van der Waals surface area (Å²) in [4.78, 5) is 23.4. The molecule has 1 atom stereocenters. The van der Waals surface area contributed by atoms with Gasteiger partial charge in [0.15, 0.2) is 5.76 Å². The third-order valence-corrected chi connectivity index (χ3v) is 3.98. The summed E-state index contributed by atoms with van der Waals surface area (Å²) in [5, 5.41) is 8.73. The lowest BCUT2D eigenvalue weighted by atomic mass is 10.2. The van der Waals surface area contributed by atoms with Crippen molar-refractivity contribution in [3.05, 3.63) is 23.7 Å². The first kappa shape index (κ1) is 17.9. The van der Waals surface area contributed by atoms with E-state index in [1.165, 1.54) is 6.26 Å². The third kappa shape index (κ3) is 5.26. The first-order valence-electron chi connectivity index (χ1n) is 6.59. The predicted octanol–water partition coefficient (Wildman–Crippen LogP) is 0.908. The molecule has 1 saturated heterocycles. The number of carbonyl (C=O) groups excluding carboxylic acids is 2. The van der Waals surface area contributed by atoms with Gasteiger partial charge in [-0.1, -0.05) is 0 Å². The molecule has 0 aliphatic carbocycles. The van der Waals surface area contributed by atoms with Crippen LogP contribution in [0.3, 0.4) is 0 Å². The molecule has 21 heavy (non-hydrogen) atoms. The number of rotatable bonds is 6. The van der Waals surface area contributed by atoms with Gasteiger partial charge >= 0.3 is 0 Å². The van der Waals surface area contributed by atoms with E-state index in [0.717, 1.165) is 17.2 Å². The van der Waals surface area contributed by atoms with Gasteiger partial charge in [-0.3, -0.25) is 14.9 Å². The zero-order valence-corrected chi connectivity index (χ0v) is 13.4. The van der Waals surface area contributed by atoms with Gasteiger partial charge < -0.3 is 15.1 Å². The summed E-state index contributed by atoms with van der Waals surface area (Å²) in [6, 6.07) is 1.67. The minimum Gasteiger partial charge on any atom is -0.459 e. The Hall–Kier alpha value is -1.18. The molecule has 1 fully saturated rings. The number of nitrogens with one attached hydrogen (secondary N) is 3. The highest BCUT2D eigenvalue weighted by Gasteiger charge is 2.21. The zero-order chi connectivity index (χ0) is 14.4. The summed E-state index contributed by atoms with van der Waals surface area (Å²) >= 11 is 1.72.